The van der Waals surface area contributed by atoms with Crippen LogP contribution in [0.5, 0.6) is 0 Å². The van der Waals surface area contributed by atoms with Gasteiger partial charge in [-0.1, -0.05) is 11.3 Å². The van der Waals surface area contributed by atoms with Crippen LogP contribution in [0.15, 0.2) is 11.4 Å². The summed E-state index contributed by atoms with van der Waals surface area (Å²) in [5.74, 6) is 0. The normalized spacial score (nSPS) is 11.7. The van der Waals surface area contributed by atoms with E-state index in [0.717, 1.165) is 11.3 Å². The van der Waals surface area contributed by atoms with Crippen LogP contribution in [-0.2, 0) is 11.4 Å². The highest BCUT2D eigenvalue weighted by Gasteiger charge is 2.27. The summed E-state index contributed by atoms with van der Waals surface area (Å²) in [7, 11) is 0. The van der Waals surface area contributed by atoms with E-state index < -0.39 is 17.7 Å². The summed E-state index contributed by atoms with van der Waals surface area (Å²) in [6, 6.07) is 1.27. The third kappa shape index (κ3) is 4.55. The first-order chi connectivity index (χ1) is 7.38. The van der Waals surface area contributed by atoms with Gasteiger partial charge in [-0.3, -0.25) is 15.0 Å². The summed E-state index contributed by atoms with van der Waals surface area (Å²) in [6.45, 7) is -1.42. The second-order valence-electron chi connectivity index (χ2n) is 2.78. The highest BCUT2D eigenvalue weighted by atomic mass is 32.1. The Kier molecular flexibility index (Phi) is 4.21. The number of nitrogens with zero attached hydrogens (tertiary/aromatic N) is 1. The molecule has 0 saturated carbocycles. The Morgan fingerprint density at radius 2 is 2.25 bits per heavy atom. The van der Waals surface area contributed by atoms with Crippen LogP contribution in [0.3, 0.4) is 0 Å². The Bertz CT molecular complexity index is 366. The Morgan fingerprint density at radius 3 is 2.75 bits per heavy atom. The van der Waals surface area contributed by atoms with Crippen LogP contribution in [0.2, 0.25) is 0 Å². The largest absolute Gasteiger partial charge is 0.413 e. The Balaban J connectivity index is 2.30. The fraction of sp³-hybridized carbons (Fsp3) is 0.429. The van der Waals surface area contributed by atoms with Crippen molar-refractivity contribution in [1.29, 1.82) is 0 Å². The molecule has 90 valence electrons. The van der Waals surface area contributed by atoms with Gasteiger partial charge in [-0.05, 0) is 5.56 Å². The van der Waals surface area contributed by atoms with Gasteiger partial charge < -0.3 is 0 Å². The third-order valence-electron chi connectivity index (χ3n) is 1.43. The van der Waals surface area contributed by atoms with E-state index in [2.05, 4.69) is 10.3 Å². The number of nitrogens with one attached hydrogen (secondary N) is 1. The number of hydrogen-bond acceptors (Lipinski definition) is 5. The Hall–Kier alpha value is -1.19. The van der Waals surface area contributed by atoms with Crippen LogP contribution in [0, 0.1) is 10.1 Å². The van der Waals surface area contributed by atoms with E-state index in [1.54, 1.807) is 0 Å². The number of nitro groups is 1. The van der Waals surface area contributed by atoms with E-state index >= 15 is 0 Å². The molecule has 0 atom stereocenters. The number of alkyl halides is 3. The second-order valence-corrected chi connectivity index (χ2v) is 3.66. The molecule has 0 bridgehead atoms. The molecule has 1 aromatic heterocycles. The minimum absolute atomic E-state index is 0.0135. The average molecular weight is 256 g/mol. The van der Waals surface area contributed by atoms with Gasteiger partial charge in [0.05, 0.1) is 4.92 Å². The molecular formula is C7H7F3N2O3S. The minimum atomic E-state index is -4.40. The summed E-state index contributed by atoms with van der Waals surface area (Å²) in [6.07, 6.45) is -4.40. The molecule has 1 N–H and O–H groups in total. The lowest BCUT2D eigenvalue weighted by atomic mass is 10.3. The zero-order valence-corrected chi connectivity index (χ0v) is 8.60. The van der Waals surface area contributed by atoms with E-state index in [4.69, 9.17) is 0 Å². The highest BCUT2D eigenvalue weighted by molar-refractivity contribution is 7.13. The number of rotatable bonds is 5. The molecule has 1 heterocycles. The van der Waals surface area contributed by atoms with E-state index in [1.165, 1.54) is 11.4 Å². The van der Waals surface area contributed by atoms with E-state index in [0.29, 0.717) is 5.56 Å². The zero-order chi connectivity index (χ0) is 12.2. The molecule has 0 aliphatic carbocycles. The summed E-state index contributed by atoms with van der Waals surface area (Å²) in [5.41, 5.74) is 2.57. The molecule has 0 aliphatic rings. The molecule has 9 heteroatoms. The lowest BCUT2D eigenvalue weighted by Crippen LogP contribution is -2.24. The number of thiophene rings is 1. The van der Waals surface area contributed by atoms with E-state index in [-0.39, 0.29) is 11.5 Å². The Morgan fingerprint density at radius 1 is 1.56 bits per heavy atom. The third-order valence-corrected chi connectivity index (χ3v) is 2.36. The quantitative estimate of drug-likeness (QED) is 0.498. The predicted octanol–water partition coefficient (Wildman–Crippen LogP) is 2.24. The molecule has 0 aromatic carbocycles. The SMILES string of the molecule is O=[N+]([O-])c1cc(CNOCC(F)(F)F)cs1. The molecule has 16 heavy (non-hydrogen) atoms. The topological polar surface area (TPSA) is 64.4 Å². The van der Waals surface area contributed by atoms with Crippen molar-refractivity contribution < 1.29 is 22.9 Å². The maximum absolute atomic E-state index is 11.6. The first kappa shape index (κ1) is 12.9. The summed E-state index contributed by atoms with van der Waals surface area (Å²) < 4.78 is 34.9. The van der Waals surface area contributed by atoms with Crippen molar-refractivity contribution in [2.45, 2.75) is 12.7 Å². The number of hydrogen-bond donors (Lipinski definition) is 1. The molecule has 0 unspecified atom stereocenters. The second kappa shape index (κ2) is 5.23. The Labute approximate surface area is 91.9 Å². The molecule has 0 saturated heterocycles. The van der Waals surface area contributed by atoms with E-state index in [9.17, 15) is 23.3 Å². The van der Waals surface area contributed by atoms with Gasteiger partial charge in [0, 0.05) is 18.0 Å². The van der Waals surface area contributed by atoms with Crippen molar-refractivity contribution in [3.63, 3.8) is 0 Å². The molecule has 1 aromatic rings. The zero-order valence-electron chi connectivity index (χ0n) is 7.78. The van der Waals surface area contributed by atoms with Crippen LogP contribution in [-0.4, -0.2) is 17.7 Å². The fourth-order valence-corrected chi connectivity index (χ4v) is 1.55. The molecule has 0 amide bonds. The van der Waals surface area contributed by atoms with Gasteiger partial charge in [0.1, 0.15) is 0 Å². The van der Waals surface area contributed by atoms with Crippen molar-refractivity contribution in [1.82, 2.24) is 5.48 Å². The van der Waals surface area contributed by atoms with Gasteiger partial charge in [-0.2, -0.15) is 18.7 Å². The molecule has 0 radical (unpaired) electrons. The van der Waals surface area contributed by atoms with Crippen molar-refractivity contribution in [3.05, 3.63) is 27.1 Å². The van der Waals surface area contributed by atoms with Crippen molar-refractivity contribution in [2.24, 2.45) is 0 Å². The lowest BCUT2D eigenvalue weighted by molar-refractivity contribution is -0.380. The highest BCUT2D eigenvalue weighted by Crippen LogP contribution is 2.22. The summed E-state index contributed by atoms with van der Waals surface area (Å²) >= 11 is 0.904. The lowest BCUT2D eigenvalue weighted by Gasteiger charge is -2.07. The molecule has 0 fully saturated rings. The van der Waals surface area contributed by atoms with Crippen LogP contribution >= 0.6 is 11.3 Å². The molecule has 0 spiro atoms. The smallest absolute Gasteiger partial charge is 0.292 e. The monoisotopic (exact) mass is 256 g/mol. The minimum Gasteiger partial charge on any atom is -0.292 e. The van der Waals surface area contributed by atoms with E-state index in [1.807, 2.05) is 0 Å². The molecular weight excluding hydrogens is 249 g/mol. The van der Waals surface area contributed by atoms with Crippen molar-refractivity contribution in [3.8, 4) is 0 Å². The first-order valence-corrected chi connectivity index (χ1v) is 4.89. The van der Waals surface area contributed by atoms with Gasteiger partial charge in [-0.15, -0.1) is 0 Å². The summed E-state index contributed by atoms with van der Waals surface area (Å²) in [5, 5.41) is 11.7. The van der Waals surface area contributed by atoms with Gasteiger partial charge in [0.15, 0.2) is 6.61 Å². The van der Waals surface area contributed by atoms with Gasteiger partial charge in [-0.25, -0.2) is 0 Å². The van der Waals surface area contributed by atoms with Crippen LogP contribution < -0.4 is 5.48 Å². The van der Waals surface area contributed by atoms with Crippen LogP contribution in [0.25, 0.3) is 0 Å². The van der Waals surface area contributed by atoms with Crippen molar-refractivity contribution >= 4 is 16.3 Å². The average Bonchev–Trinajstić information content (AvgIpc) is 2.59. The molecule has 0 aliphatic heterocycles. The molecule has 5 nitrogen and oxygen atoms in total. The van der Waals surface area contributed by atoms with Gasteiger partial charge in [0.2, 0.25) is 0 Å². The predicted molar refractivity (Wildman–Crippen MR) is 49.8 cm³/mol. The maximum atomic E-state index is 11.6. The summed E-state index contributed by atoms with van der Waals surface area (Å²) in [4.78, 5) is 13.9. The standard InChI is InChI=1S/C7H7F3N2O3S/c8-7(9,10)4-15-11-2-5-1-6(12(13)14)16-3-5/h1,3,11H,2,4H2. The maximum Gasteiger partial charge on any atom is 0.413 e. The van der Waals surface area contributed by atoms with Crippen LogP contribution in [0.4, 0.5) is 18.2 Å². The van der Waals surface area contributed by atoms with Gasteiger partial charge >= 0.3 is 11.2 Å². The van der Waals surface area contributed by atoms with Crippen LogP contribution in [0.1, 0.15) is 5.56 Å². The van der Waals surface area contributed by atoms with Crippen molar-refractivity contribution in [2.75, 3.05) is 6.61 Å². The molecule has 1 rings (SSSR count). The number of hydroxylamine groups is 1. The fourth-order valence-electron chi connectivity index (χ4n) is 0.818. The number of halogens is 3. The van der Waals surface area contributed by atoms with Gasteiger partial charge in [0.25, 0.3) is 0 Å². The first-order valence-electron chi connectivity index (χ1n) is 4.02.